The van der Waals surface area contributed by atoms with Gasteiger partial charge in [-0.1, -0.05) is 35.4 Å². The van der Waals surface area contributed by atoms with Gasteiger partial charge in [-0.25, -0.2) is 0 Å². The SMILES string of the molecule is CCN(CC)C(=O)C(NC(=O)c1ccc(C)cc1)C1CCN(C(=O)c2ccc(C)cc2)CC1. The largest absolute Gasteiger partial charge is 0.341 e. The molecule has 6 nitrogen and oxygen atoms in total. The number of hydrogen-bond acceptors (Lipinski definition) is 3. The van der Waals surface area contributed by atoms with Crippen LogP contribution in [0.4, 0.5) is 0 Å². The average Bonchev–Trinajstić information content (AvgIpc) is 2.83. The minimum Gasteiger partial charge on any atom is -0.341 e. The molecule has 0 radical (unpaired) electrons. The van der Waals surface area contributed by atoms with Crippen LogP contribution in [0.3, 0.4) is 0 Å². The van der Waals surface area contributed by atoms with Gasteiger partial charge in [-0.2, -0.15) is 0 Å². The van der Waals surface area contributed by atoms with Crippen molar-refractivity contribution < 1.29 is 14.4 Å². The molecule has 0 saturated carbocycles. The molecule has 1 atom stereocenters. The maximum absolute atomic E-state index is 13.3. The van der Waals surface area contributed by atoms with E-state index in [2.05, 4.69) is 5.32 Å². The molecule has 0 spiro atoms. The van der Waals surface area contributed by atoms with Crippen molar-refractivity contribution in [2.75, 3.05) is 26.2 Å². The van der Waals surface area contributed by atoms with Crippen molar-refractivity contribution in [2.24, 2.45) is 5.92 Å². The first kappa shape index (κ1) is 24.5. The van der Waals surface area contributed by atoms with Crippen LogP contribution in [0.1, 0.15) is 58.5 Å². The summed E-state index contributed by atoms with van der Waals surface area (Å²) in [5.41, 5.74) is 3.42. The van der Waals surface area contributed by atoms with E-state index in [-0.39, 0.29) is 23.6 Å². The molecule has 1 heterocycles. The van der Waals surface area contributed by atoms with Crippen molar-refractivity contribution in [1.29, 1.82) is 0 Å². The second-order valence-electron chi connectivity index (χ2n) is 8.82. The monoisotopic (exact) mass is 449 g/mol. The maximum Gasteiger partial charge on any atom is 0.253 e. The molecular formula is C27H35N3O3. The van der Waals surface area contributed by atoms with Crippen molar-refractivity contribution in [3.8, 4) is 0 Å². The molecule has 3 amide bonds. The summed E-state index contributed by atoms with van der Waals surface area (Å²) in [6.07, 6.45) is 1.34. The van der Waals surface area contributed by atoms with E-state index >= 15 is 0 Å². The molecule has 1 fully saturated rings. The lowest BCUT2D eigenvalue weighted by molar-refractivity contribution is -0.134. The van der Waals surface area contributed by atoms with E-state index < -0.39 is 6.04 Å². The zero-order valence-corrected chi connectivity index (χ0v) is 20.1. The predicted octanol–water partition coefficient (Wildman–Crippen LogP) is 3.82. The maximum atomic E-state index is 13.3. The molecule has 33 heavy (non-hydrogen) atoms. The highest BCUT2D eigenvalue weighted by Gasteiger charge is 2.35. The van der Waals surface area contributed by atoms with Crippen LogP contribution in [0.15, 0.2) is 48.5 Å². The fraction of sp³-hybridized carbons (Fsp3) is 0.444. The summed E-state index contributed by atoms with van der Waals surface area (Å²) in [6, 6.07) is 14.4. The van der Waals surface area contributed by atoms with Crippen molar-refractivity contribution >= 4 is 17.7 Å². The van der Waals surface area contributed by atoms with E-state index in [9.17, 15) is 14.4 Å². The molecule has 0 aliphatic carbocycles. The Hall–Kier alpha value is -3.15. The van der Waals surface area contributed by atoms with Crippen LogP contribution in [0.25, 0.3) is 0 Å². The number of nitrogens with zero attached hydrogens (tertiary/aromatic N) is 2. The van der Waals surface area contributed by atoms with Gasteiger partial charge in [0, 0.05) is 37.3 Å². The van der Waals surface area contributed by atoms with Gasteiger partial charge >= 0.3 is 0 Å². The summed E-state index contributed by atoms with van der Waals surface area (Å²) in [4.78, 5) is 42.8. The first-order valence-corrected chi connectivity index (χ1v) is 11.9. The van der Waals surface area contributed by atoms with Gasteiger partial charge in [-0.15, -0.1) is 0 Å². The lowest BCUT2D eigenvalue weighted by atomic mass is 9.87. The summed E-state index contributed by atoms with van der Waals surface area (Å²) >= 11 is 0. The zero-order valence-electron chi connectivity index (χ0n) is 20.1. The molecule has 6 heteroatoms. The number of piperidine rings is 1. The van der Waals surface area contributed by atoms with Gasteiger partial charge in [0.05, 0.1) is 0 Å². The fourth-order valence-corrected chi connectivity index (χ4v) is 4.36. The number of likely N-dealkylation sites (N-methyl/N-ethyl adjacent to an activating group) is 1. The van der Waals surface area contributed by atoms with E-state index in [1.54, 1.807) is 17.0 Å². The van der Waals surface area contributed by atoms with Gasteiger partial charge in [-0.3, -0.25) is 14.4 Å². The molecule has 1 saturated heterocycles. The summed E-state index contributed by atoms with van der Waals surface area (Å²) < 4.78 is 0. The Morgan fingerprint density at radius 1 is 0.879 bits per heavy atom. The second kappa shape index (κ2) is 11.1. The molecule has 2 aromatic carbocycles. The molecule has 176 valence electrons. The molecule has 0 aromatic heterocycles. The average molecular weight is 450 g/mol. The number of carbonyl (C=O) groups is 3. The smallest absolute Gasteiger partial charge is 0.253 e. The Balaban J connectivity index is 1.72. The molecular weight excluding hydrogens is 414 g/mol. The Bertz CT molecular complexity index is 957. The molecule has 1 N–H and O–H groups in total. The van der Waals surface area contributed by atoms with Gasteiger partial charge in [0.2, 0.25) is 5.91 Å². The number of amides is 3. The third-order valence-electron chi connectivity index (χ3n) is 6.54. The zero-order chi connectivity index (χ0) is 24.0. The van der Waals surface area contributed by atoms with Crippen LogP contribution < -0.4 is 5.32 Å². The van der Waals surface area contributed by atoms with Crippen LogP contribution in [-0.4, -0.2) is 59.7 Å². The number of benzene rings is 2. The normalized spacial score (nSPS) is 15.1. The lowest BCUT2D eigenvalue weighted by Crippen LogP contribution is -2.54. The molecule has 2 aromatic rings. The highest BCUT2D eigenvalue weighted by atomic mass is 16.2. The van der Waals surface area contributed by atoms with E-state index in [1.807, 2.05) is 69.0 Å². The first-order chi connectivity index (χ1) is 15.8. The van der Waals surface area contributed by atoms with E-state index in [4.69, 9.17) is 0 Å². The molecule has 1 aliphatic heterocycles. The number of likely N-dealkylation sites (tertiary alicyclic amines) is 1. The summed E-state index contributed by atoms with van der Waals surface area (Å²) in [7, 11) is 0. The fourth-order valence-electron chi connectivity index (χ4n) is 4.36. The topological polar surface area (TPSA) is 69.7 Å². The van der Waals surface area contributed by atoms with Crippen molar-refractivity contribution in [3.63, 3.8) is 0 Å². The minimum absolute atomic E-state index is 0.0174. The van der Waals surface area contributed by atoms with E-state index in [0.717, 1.165) is 11.1 Å². The van der Waals surface area contributed by atoms with Crippen LogP contribution in [0.5, 0.6) is 0 Å². The summed E-state index contributed by atoms with van der Waals surface area (Å²) in [5.74, 6) is -0.291. The van der Waals surface area contributed by atoms with Crippen LogP contribution >= 0.6 is 0 Å². The first-order valence-electron chi connectivity index (χ1n) is 11.9. The highest BCUT2D eigenvalue weighted by molar-refractivity contribution is 5.98. The minimum atomic E-state index is -0.602. The Labute approximate surface area is 197 Å². The standard InChI is InChI=1S/C27H35N3O3/c1-5-29(6-2)27(33)24(28-25(31)22-11-7-19(3)8-12-22)21-15-17-30(18-16-21)26(32)23-13-9-20(4)10-14-23/h7-14,21,24H,5-6,15-18H2,1-4H3,(H,28,31). The molecule has 1 aliphatic rings. The van der Waals surface area contributed by atoms with Crippen molar-refractivity contribution in [3.05, 3.63) is 70.8 Å². The van der Waals surface area contributed by atoms with Gasteiger partial charge in [-0.05, 0) is 70.7 Å². The number of hydrogen-bond donors (Lipinski definition) is 1. The van der Waals surface area contributed by atoms with Gasteiger partial charge in [0.1, 0.15) is 6.04 Å². The van der Waals surface area contributed by atoms with Crippen molar-refractivity contribution in [2.45, 2.75) is 46.6 Å². The summed E-state index contributed by atoms with van der Waals surface area (Å²) in [6.45, 7) is 10.2. The molecule has 3 rings (SSSR count). The molecule has 0 bridgehead atoms. The van der Waals surface area contributed by atoms with Crippen molar-refractivity contribution in [1.82, 2.24) is 15.1 Å². The summed E-state index contributed by atoms with van der Waals surface area (Å²) in [5, 5.41) is 3.02. The molecule has 1 unspecified atom stereocenters. The third kappa shape index (κ3) is 6.01. The van der Waals surface area contributed by atoms with E-state index in [0.29, 0.717) is 50.1 Å². The third-order valence-corrected chi connectivity index (χ3v) is 6.54. The van der Waals surface area contributed by atoms with Crippen LogP contribution in [0, 0.1) is 19.8 Å². The quantitative estimate of drug-likeness (QED) is 0.699. The van der Waals surface area contributed by atoms with Crippen LogP contribution in [0.2, 0.25) is 0 Å². The highest BCUT2D eigenvalue weighted by Crippen LogP contribution is 2.24. The second-order valence-corrected chi connectivity index (χ2v) is 8.82. The van der Waals surface area contributed by atoms with Gasteiger partial charge in [0.15, 0.2) is 0 Å². The van der Waals surface area contributed by atoms with Gasteiger partial charge < -0.3 is 15.1 Å². The number of rotatable bonds is 7. The van der Waals surface area contributed by atoms with Gasteiger partial charge in [0.25, 0.3) is 11.8 Å². The number of nitrogens with one attached hydrogen (secondary N) is 1. The Kier molecular flexibility index (Phi) is 8.26. The predicted molar refractivity (Wildman–Crippen MR) is 130 cm³/mol. The Morgan fingerprint density at radius 3 is 1.85 bits per heavy atom. The number of carbonyl (C=O) groups excluding carboxylic acids is 3. The Morgan fingerprint density at radius 2 is 1.36 bits per heavy atom. The number of aryl methyl sites for hydroxylation is 2. The van der Waals surface area contributed by atoms with E-state index in [1.165, 1.54) is 0 Å². The van der Waals surface area contributed by atoms with Crippen LogP contribution in [-0.2, 0) is 4.79 Å². The lowest BCUT2D eigenvalue weighted by Gasteiger charge is -2.37.